The second-order valence-electron chi connectivity index (χ2n) is 3.60. The van der Waals surface area contributed by atoms with Crippen LogP contribution in [0.5, 0.6) is 0 Å². The SMILES string of the molecule is Nc1cn(CC2CCCS2)ccc1=O. The van der Waals surface area contributed by atoms with Gasteiger partial charge in [0.1, 0.15) is 0 Å². The molecule has 0 spiro atoms. The third-order valence-corrected chi connectivity index (χ3v) is 3.83. The van der Waals surface area contributed by atoms with Gasteiger partial charge >= 0.3 is 0 Å². The fraction of sp³-hybridized carbons (Fsp3) is 0.500. The summed E-state index contributed by atoms with van der Waals surface area (Å²) in [5.74, 6) is 1.26. The third-order valence-electron chi connectivity index (χ3n) is 2.45. The summed E-state index contributed by atoms with van der Waals surface area (Å²) in [6, 6.07) is 1.54. The molecule has 4 heteroatoms. The fourth-order valence-corrected chi connectivity index (χ4v) is 2.96. The Morgan fingerprint density at radius 3 is 3.14 bits per heavy atom. The van der Waals surface area contributed by atoms with Crippen LogP contribution in [-0.4, -0.2) is 15.6 Å². The predicted octanol–water partition coefficient (Wildman–Crippen LogP) is 1.33. The first-order valence-electron chi connectivity index (χ1n) is 4.83. The molecule has 2 rings (SSSR count). The zero-order valence-corrected chi connectivity index (χ0v) is 8.80. The molecule has 1 unspecified atom stereocenters. The standard InChI is InChI=1S/C10H14N2OS/c11-9-7-12(4-3-10(9)13)6-8-2-1-5-14-8/h3-4,7-8H,1-2,5-6,11H2. The Morgan fingerprint density at radius 1 is 1.64 bits per heavy atom. The minimum atomic E-state index is -0.0830. The highest BCUT2D eigenvalue weighted by Crippen LogP contribution is 2.27. The van der Waals surface area contributed by atoms with Crippen molar-refractivity contribution in [1.29, 1.82) is 0 Å². The summed E-state index contributed by atoms with van der Waals surface area (Å²) < 4.78 is 2.01. The molecule has 0 amide bonds. The molecule has 1 atom stereocenters. The summed E-state index contributed by atoms with van der Waals surface area (Å²) in [4.78, 5) is 11.1. The normalized spacial score (nSPS) is 21.3. The van der Waals surface area contributed by atoms with Gasteiger partial charge in [-0.05, 0) is 18.6 Å². The summed E-state index contributed by atoms with van der Waals surface area (Å²) in [5.41, 5.74) is 5.81. The number of anilines is 1. The Morgan fingerprint density at radius 2 is 2.50 bits per heavy atom. The first-order valence-corrected chi connectivity index (χ1v) is 5.88. The number of nitrogens with zero attached hydrogens (tertiary/aromatic N) is 1. The van der Waals surface area contributed by atoms with Gasteiger partial charge in [-0.25, -0.2) is 0 Å². The average Bonchev–Trinajstić information content (AvgIpc) is 2.64. The molecule has 1 aromatic heterocycles. The molecule has 76 valence electrons. The molecule has 1 saturated heterocycles. The van der Waals surface area contributed by atoms with Crippen LogP contribution in [0.2, 0.25) is 0 Å². The van der Waals surface area contributed by atoms with Crippen molar-refractivity contribution in [3.05, 3.63) is 28.7 Å². The lowest BCUT2D eigenvalue weighted by molar-refractivity contribution is 0.635. The van der Waals surface area contributed by atoms with Crippen LogP contribution in [0.1, 0.15) is 12.8 Å². The van der Waals surface area contributed by atoms with E-state index in [4.69, 9.17) is 5.73 Å². The van der Waals surface area contributed by atoms with Crippen LogP contribution in [0.25, 0.3) is 0 Å². The number of nitrogens with two attached hydrogens (primary N) is 1. The maximum Gasteiger partial charge on any atom is 0.204 e. The summed E-state index contributed by atoms with van der Waals surface area (Å²) in [6.45, 7) is 0.967. The number of hydrogen-bond acceptors (Lipinski definition) is 3. The number of thioether (sulfide) groups is 1. The topological polar surface area (TPSA) is 48.0 Å². The molecule has 2 heterocycles. The monoisotopic (exact) mass is 210 g/mol. The first-order chi connectivity index (χ1) is 6.75. The molecule has 3 nitrogen and oxygen atoms in total. The molecule has 1 aliphatic rings. The smallest absolute Gasteiger partial charge is 0.204 e. The van der Waals surface area contributed by atoms with Crippen LogP contribution >= 0.6 is 11.8 Å². The molecule has 0 saturated carbocycles. The lowest BCUT2D eigenvalue weighted by Gasteiger charge is -2.11. The largest absolute Gasteiger partial charge is 0.394 e. The molecular formula is C10H14N2OS. The Labute approximate surface area is 87.3 Å². The lowest BCUT2D eigenvalue weighted by Crippen LogP contribution is -2.15. The quantitative estimate of drug-likeness (QED) is 0.801. The summed E-state index contributed by atoms with van der Waals surface area (Å²) in [5, 5.41) is 0.692. The second-order valence-corrected chi connectivity index (χ2v) is 5.00. The van der Waals surface area contributed by atoms with E-state index in [1.54, 1.807) is 6.20 Å². The van der Waals surface area contributed by atoms with E-state index in [2.05, 4.69) is 0 Å². The van der Waals surface area contributed by atoms with Crippen LogP contribution in [-0.2, 0) is 6.54 Å². The van der Waals surface area contributed by atoms with Crippen molar-refractivity contribution in [3.63, 3.8) is 0 Å². The lowest BCUT2D eigenvalue weighted by atomic mass is 10.2. The van der Waals surface area contributed by atoms with Gasteiger partial charge in [0.05, 0.1) is 5.69 Å². The van der Waals surface area contributed by atoms with Gasteiger partial charge in [-0.1, -0.05) is 0 Å². The van der Waals surface area contributed by atoms with Crippen molar-refractivity contribution in [1.82, 2.24) is 4.57 Å². The minimum absolute atomic E-state index is 0.0830. The van der Waals surface area contributed by atoms with Gasteiger partial charge in [0.2, 0.25) is 5.43 Å². The molecule has 1 aliphatic heterocycles. The summed E-state index contributed by atoms with van der Waals surface area (Å²) in [7, 11) is 0. The average molecular weight is 210 g/mol. The zero-order chi connectivity index (χ0) is 9.97. The number of hydrogen-bond donors (Lipinski definition) is 1. The van der Waals surface area contributed by atoms with Crippen molar-refractivity contribution in [3.8, 4) is 0 Å². The Balaban J connectivity index is 2.09. The molecule has 1 fully saturated rings. The molecule has 0 bridgehead atoms. The fourth-order valence-electron chi connectivity index (χ4n) is 1.68. The van der Waals surface area contributed by atoms with Crippen LogP contribution in [0, 0.1) is 0 Å². The predicted molar refractivity (Wildman–Crippen MR) is 60.6 cm³/mol. The van der Waals surface area contributed by atoms with Gasteiger partial charge in [0.25, 0.3) is 0 Å². The number of aromatic nitrogens is 1. The van der Waals surface area contributed by atoms with Crippen LogP contribution in [0.15, 0.2) is 23.3 Å². The Bertz CT molecular complexity index is 369. The van der Waals surface area contributed by atoms with E-state index in [1.807, 2.05) is 22.5 Å². The van der Waals surface area contributed by atoms with Crippen LogP contribution in [0.3, 0.4) is 0 Å². The van der Waals surface area contributed by atoms with Gasteiger partial charge in [-0.3, -0.25) is 4.79 Å². The highest BCUT2D eigenvalue weighted by atomic mass is 32.2. The highest BCUT2D eigenvalue weighted by Gasteiger charge is 2.15. The Hall–Kier alpha value is -0.900. The summed E-state index contributed by atoms with van der Waals surface area (Å²) in [6.07, 6.45) is 6.14. The van der Waals surface area contributed by atoms with Crippen LogP contribution < -0.4 is 11.2 Å². The van der Waals surface area contributed by atoms with Gasteiger partial charge < -0.3 is 10.3 Å². The molecule has 0 aromatic carbocycles. The van der Waals surface area contributed by atoms with Crippen molar-refractivity contribution in [2.45, 2.75) is 24.6 Å². The Kier molecular flexibility index (Phi) is 2.82. The number of rotatable bonds is 2. The van der Waals surface area contributed by atoms with E-state index in [0.29, 0.717) is 10.9 Å². The van der Waals surface area contributed by atoms with E-state index >= 15 is 0 Å². The van der Waals surface area contributed by atoms with Gasteiger partial charge in [0, 0.05) is 30.3 Å². The first kappa shape index (κ1) is 9.65. The number of pyridine rings is 1. The molecule has 14 heavy (non-hydrogen) atoms. The maximum atomic E-state index is 11.1. The van der Waals surface area contributed by atoms with E-state index in [-0.39, 0.29) is 5.43 Å². The van der Waals surface area contributed by atoms with Gasteiger partial charge in [-0.2, -0.15) is 11.8 Å². The van der Waals surface area contributed by atoms with Gasteiger partial charge in [0.15, 0.2) is 0 Å². The van der Waals surface area contributed by atoms with Crippen molar-refractivity contribution in [2.75, 3.05) is 11.5 Å². The van der Waals surface area contributed by atoms with E-state index < -0.39 is 0 Å². The molecule has 0 radical (unpaired) electrons. The minimum Gasteiger partial charge on any atom is -0.394 e. The van der Waals surface area contributed by atoms with E-state index in [9.17, 15) is 4.79 Å². The highest BCUT2D eigenvalue weighted by molar-refractivity contribution is 8.00. The zero-order valence-electron chi connectivity index (χ0n) is 7.98. The third kappa shape index (κ3) is 2.12. The van der Waals surface area contributed by atoms with E-state index in [1.165, 1.54) is 24.7 Å². The number of nitrogen functional groups attached to an aromatic ring is 1. The summed E-state index contributed by atoms with van der Waals surface area (Å²) >= 11 is 2.01. The second kappa shape index (κ2) is 4.09. The molecular weight excluding hydrogens is 196 g/mol. The van der Waals surface area contributed by atoms with Gasteiger partial charge in [-0.15, -0.1) is 0 Å². The molecule has 1 aromatic rings. The molecule has 2 N–H and O–H groups in total. The van der Waals surface area contributed by atoms with Crippen molar-refractivity contribution >= 4 is 17.4 Å². The van der Waals surface area contributed by atoms with Crippen molar-refractivity contribution < 1.29 is 0 Å². The maximum absolute atomic E-state index is 11.1. The van der Waals surface area contributed by atoms with Crippen molar-refractivity contribution in [2.24, 2.45) is 0 Å². The van der Waals surface area contributed by atoms with Crippen LogP contribution in [0.4, 0.5) is 5.69 Å². The van der Waals surface area contributed by atoms with E-state index in [0.717, 1.165) is 6.54 Å². The molecule has 0 aliphatic carbocycles.